The fourth-order valence-electron chi connectivity index (χ4n) is 2.62. The standard InChI is InChI=1S/C15H17N5O3/c1-19(2)9-6-4-8(5-7-9)11-10-12(17-14(22)16-11)20(3)15(23)18-13(10)21/h4-7,11H,1-3H3,(H2,16,17,22)(H,18,21,23)/t11-/m1/s1. The molecule has 0 aliphatic carbocycles. The molecule has 0 spiro atoms. The maximum atomic E-state index is 12.2. The van der Waals surface area contributed by atoms with Gasteiger partial charge in [-0.25, -0.2) is 9.59 Å². The minimum Gasteiger partial charge on any atom is -0.378 e. The third-order valence-electron chi connectivity index (χ3n) is 3.90. The van der Waals surface area contributed by atoms with Gasteiger partial charge in [0.2, 0.25) is 0 Å². The molecule has 1 aliphatic heterocycles. The summed E-state index contributed by atoms with van der Waals surface area (Å²) in [5.74, 6) is 0.212. The van der Waals surface area contributed by atoms with Crippen LogP contribution < -0.4 is 26.8 Å². The molecule has 2 aromatic rings. The number of anilines is 2. The van der Waals surface area contributed by atoms with Gasteiger partial charge in [0, 0.05) is 26.8 Å². The number of nitrogens with one attached hydrogen (secondary N) is 3. The van der Waals surface area contributed by atoms with E-state index >= 15 is 0 Å². The molecule has 23 heavy (non-hydrogen) atoms. The molecule has 0 fully saturated rings. The van der Waals surface area contributed by atoms with Crippen LogP contribution in [0.25, 0.3) is 0 Å². The number of carbonyl (C=O) groups excluding carboxylic acids is 1. The Hall–Kier alpha value is -3.03. The minimum atomic E-state index is -0.620. The lowest BCUT2D eigenvalue weighted by atomic mass is 9.98. The van der Waals surface area contributed by atoms with Gasteiger partial charge in [-0.1, -0.05) is 12.1 Å². The molecule has 2 heterocycles. The van der Waals surface area contributed by atoms with E-state index in [0.717, 1.165) is 11.3 Å². The van der Waals surface area contributed by atoms with Crippen LogP contribution in [0, 0.1) is 0 Å². The highest BCUT2D eigenvalue weighted by atomic mass is 16.2. The molecule has 3 N–H and O–H groups in total. The number of aromatic amines is 1. The Kier molecular flexibility index (Phi) is 3.44. The van der Waals surface area contributed by atoms with Gasteiger partial charge in [0.25, 0.3) is 5.56 Å². The first-order valence-electron chi connectivity index (χ1n) is 7.06. The molecule has 0 saturated heterocycles. The Morgan fingerprint density at radius 1 is 1.09 bits per heavy atom. The molecule has 1 aliphatic rings. The lowest BCUT2D eigenvalue weighted by Crippen LogP contribution is -2.46. The van der Waals surface area contributed by atoms with E-state index in [1.807, 2.05) is 43.3 Å². The fraction of sp³-hybridized carbons (Fsp3) is 0.267. The Balaban J connectivity index is 2.16. The average Bonchev–Trinajstić information content (AvgIpc) is 2.52. The van der Waals surface area contributed by atoms with Crippen LogP contribution in [0.4, 0.5) is 16.3 Å². The summed E-state index contributed by atoms with van der Waals surface area (Å²) in [6.07, 6.45) is 0. The summed E-state index contributed by atoms with van der Waals surface area (Å²) in [7, 11) is 5.35. The van der Waals surface area contributed by atoms with E-state index in [4.69, 9.17) is 0 Å². The zero-order chi connectivity index (χ0) is 16.7. The first-order chi connectivity index (χ1) is 10.9. The van der Waals surface area contributed by atoms with Crippen LogP contribution in [0.15, 0.2) is 33.9 Å². The first kappa shape index (κ1) is 14.9. The normalized spacial score (nSPS) is 16.3. The third-order valence-corrected chi connectivity index (χ3v) is 3.90. The Labute approximate surface area is 131 Å². The number of fused-ring (bicyclic) bond motifs is 1. The molecular weight excluding hydrogens is 298 g/mol. The minimum absolute atomic E-state index is 0.212. The molecule has 0 radical (unpaired) electrons. The predicted octanol–water partition coefficient (Wildman–Crippen LogP) is 0.364. The van der Waals surface area contributed by atoms with Crippen molar-refractivity contribution in [3.8, 4) is 0 Å². The lowest BCUT2D eigenvalue weighted by Gasteiger charge is -2.28. The quantitative estimate of drug-likeness (QED) is 0.745. The van der Waals surface area contributed by atoms with E-state index < -0.39 is 23.3 Å². The van der Waals surface area contributed by atoms with Crippen molar-refractivity contribution in [1.82, 2.24) is 14.9 Å². The molecule has 8 nitrogen and oxygen atoms in total. The monoisotopic (exact) mass is 315 g/mol. The van der Waals surface area contributed by atoms with Gasteiger partial charge in [0.1, 0.15) is 5.82 Å². The van der Waals surface area contributed by atoms with Crippen molar-refractivity contribution in [2.45, 2.75) is 6.04 Å². The number of hydrogen-bond acceptors (Lipinski definition) is 4. The van der Waals surface area contributed by atoms with Gasteiger partial charge in [-0.05, 0) is 17.7 Å². The molecule has 0 bridgehead atoms. The molecule has 2 amide bonds. The van der Waals surface area contributed by atoms with Gasteiger partial charge in [-0.3, -0.25) is 19.7 Å². The second-order valence-corrected chi connectivity index (χ2v) is 5.60. The van der Waals surface area contributed by atoms with Crippen LogP contribution in [0.5, 0.6) is 0 Å². The van der Waals surface area contributed by atoms with Gasteiger partial charge in [-0.15, -0.1) is 0 Å². The number of aromatic nitrogens is 2. The van der Waals surface area contributed by atoms with E-state index in [1.165, 1.54) is 11.6 Å². The van der Waals surface area contributed by atoms with Crippen molar-refractivity contribution in [3.63, 3.8) is 0 Å². The molecule has 120 valence electrons. The molecule has 1 atom stereocenters. The second kappa shape index (κ2) is 5.31. The van der Waals surface area contributed by atoms with Gasteiger partial charge in [0.05, 0.1) is 11.6 Å². The number of urea groups is 1. The van der Waals surface area contributed by atoms with E-state index in [-0.39, 0.29) is 5.82 Å². The Morgan fingerprint density at radius 2 is 1.74 bits per heavy atom. The zero-order valence-electron chi connectivity index (χ0n) is 13.0. The smallest absolute Gasteiger partial charge is 0.329 e. The highest BCUT2D eigenvalue weighted by Gasteiger charge is 2.30. The zero-order valence-corrected chi connectivity index (χ0v) is 13.0. The summed E-state index contributed by atoms with van der Waals surface area (Å²) < 4.78 is 1.22. The largest absolute Gasteiger partial charge is 0.378 e. The van der Waals surface area contributed by atoms with Crippen LogP contribution in [0.2, 0.25) is 0 Å². The fourth-order valence-corrected chi connectivity index (χ4v) is 2.62. The molecule has 3 rings (SSSR count). The average molecular weight is 315 g/mol. The van der Waals surface area contributed by atoms with Crippen LogP contribution in [-0.4, -0.2) is 29.7 Å². The SMILES string of the molecule is CN(C)c1ccc([C@H]2NC(=O)Nc3c2c(=O)[nH]c(=O)n3C)cc1. The number of H-pyrrole nitrogens is 1. The summed E-state index contributed by atoms with van der Waals surface area (Å²) in [5.41, 5.74) is 0.985. The van der Waals surface area contributed by atoms with Crippen molar-refractivity contribution >= 4 is 17.5 Å². The second-order valence-electron chi connectivity index (χ2n) is 5.60. The summed E-state index contributed by atoms with van der Waals surface area (Å²) in [5, 5.41) is 5.25. The van der Waals surface area contributed by atoms with Gasteiger partial charge < -0.3 is 10.2 Å². The summed E-state index contributed by atoms with van der Waals surface area (Å²) in [6, 6.07) is 6.42. The third kappa shape index (κ3) is 2.48. The van der Waals surface area contributed by atoms with E-state index in [9.17, 15) is 14.4 Å². The molecular formula is C15H17N5O3. The highest BCUT2D eigenvalue weighted by molar-refractivity contribution is 5.92. The van der Waals surface area contributed by atoms with E-state index in [1.54, 1.807) is 0 Å². The van der Waals surface area contributed by atoms with Gasteiger partial charge in [0.15, 0.2) is 0 Å². The molecule has 1 aromatic carbocycles. The number of amides is 2. The summed E-state index contributed by atoms with van der Waals surface area (Å²) in [4.78, 5) is 40.1. The van der Waals surface area contributed by atoms with Crippen LogP contribution in [-0.2, 0) is 7.05 Å². The molecule has 0 unspecified atom stereocenters. The number of carbonyl (C=O) groups is 1. The maximum Gasteiger partial charge on any atom is 0.329 e. The number of benzene rings is 1. The lowest BCUT2D eigenvalue weighted by molar-refractivity contribution is 0.248. The summed E-state index contributed by atoms with van der Waals surface area (Å²) >= 11 is 0. The predicted molar refractivity (Wildman–Crippen MR) is 87.1 cm³/mol. The van der Waals surface area contributed by atoms with Crippen LogP contribution in [0.3, 0.4) is 0 Å². The van der Waals surface area contributed by atoms with E-state index in [2.05, 4.69) is 15.6 Å². The highest BCUT2D eigenvalue weighted by Crippen LogP contribution is 2.28. The van der Waals surface area contributed by atoms with Crippen LogP contribution in [0.1, 0.15) is 17.2 Å². The Bertz CT molecular complexity index is 879. The van der Waals surface area contributed by atoms with Crippen molar-refractivity contribution < 1.29 is 4.79 Å². The number of rotatable bonds is 2. The first-order valence-corrected chi connectivity index (χ1v) is 7.06. The van der Waals surface area contributed by atoms with Crippen molar-refractivity contribution in [3.05, 3.63) is 56.2 Å². The van der Waals surface area contributed by atoms with Crippen molar-refractivity contribution in [2.75, 3.05) is 24.3 Å². The molecule has 0 saturated carbocycles. The van der Waals surface area contributed by atoms with Crippen molar-refractivity contribution in [2.24, 2.45) is 7.05 Å². The Morgan fingerprint density at radius 3 is 2.35 bits per heavy atom. The summed E-state index contributed by atoms with van der Waals surface area (Å²) in [6.45, 7) is 0. The molecule has 1 aromatic heterocycles. The van der Waals surface area contributed by atoms with Gasteiger partial charge >= 0.3 is 11.7 Å². The van der Waals surface area contributed by atoms with Crippen LogP contribution >= 0.6 is 0 Å². The number of nitrogens with zero attached hydrogens (tertiary/aromatic N) is 2. The maximum absolute atomic E-state index is 12.2. The van der Waals surface area contributed by atoms with Crippen molar-refractivity contribution in [1.29, 1.82) is 0 Å². The topological polar surface area (TPSA) is 99.2 Å². The van der Waals surface area contributed by atoms with E-state index in [0.29, 0.717) is 5.56 Å². The molecule has 8 heteroatoms. The van der Waals surface area contributed by atoms with Gasteiger partial charge in [-0.2, -0.15) is 0 Å². The number of hydrogen-bond donors (Lipinski definition) is 3.